The van der Waals surface area contributed by atoms with Crippen molar-refractivity contribution in [2.24, 2.45) is 0 Å². The minimum Gasteiger partial charge on any atom is -0.508 e. The summed E-state index contributed by atoms with van der Waals surface area (Å²) in [6.07, 6.45) is 6.16. The van der Waals surface area contributed by atoms with Crippen molar-refractivity contribution in [1.82, 2.24) is 4.57 Å². The lowest BCUT2D eigenvalue weighted by atomic mass is 10.1. The van der Waals surface area contributed by atoms with Gasteiger partial charge >= 0.3 is 0 Å². The van der Waals surface area contributed by atoms with Crippen molar-refractivity contribution in [2.45, 2.75) is 53.5 Å². The number of pyridine rings is 1. The predicted molar refractivity (Wildman–Crippen MR) is 115 cm³/mol. The molecule has 0 atom stereocenters. The molecular formula is C23H31NO4. The highest BCUT2D eigenvalue weighted by Crippen LogP contribution is 2.35. The molecule has 0 bridgehead atoms. The van der Waals surface area contributed by atoms with E-state index in [4.69, 9.17) is 9.47 Å². The third kappa shape index (κ3) is 4.97. The topological polar surface area (TPSA) is 60.7 Å². The van der Waals surface area contributed by atoms with Gasteiger partial charge in [-0.1, -0.05) is 17.2 Å². The fourth-order valence-electron chi connectivity index (χ4n) is 3.15. The van der Waals surface area contributed by atoms with Gasteiger partial charge in [0.2, 0.25) is 5.75 Å². The molecule has 0 saturated carbocycles. The first-order valence-electron chi connectivity index (χ1n) is 9.63. The highest BCUT2D eigenvalue weighted by molar-refractivity contribution is 5.89. The molecule has 5 nitrogen and oxygen atoms in total. The lowest BCUT2D eigenvalue weighted by Crippen LogP contribution is -2.25. The Kier molecular flexibility index (Phi) is 7.32. The molecule has 0 fully saturated rings. The molecule has 1 heterocycles. The van der Waals surface area contributed by atoms with Crippen LogP contribution < -0.4 is 15.0 Å². The van der Waals surface area contributed by atoms with Gasteiger partial charge < -0.3 is 19.1 Å². The van der Waals surface area contributed by atoms with Crippen LogP contribution in [0.5, 0.6) is 17.2 Å². The molecule has 5 heteroatoms. The maximum absolute atomic E-state index is 13.1. The molecule has 28 heavy (non-hydrogen) atoms. The van der Waals surface area contributed by atoms with Gasteiger partial charge in [-0.05, 0) is 65.7 Å². The van der Waals surface area contributed by atoms with E-state index in [-0.39, 0.29) is 23.1 Å². The standard InChI is InChI=1S/C23H31NO4/c1-15(2)8-7-9-17(5)12-13-28-22-21(27-6)19-11-10-18(25)14-20(19)24(16(3)4)23(22)26/h8,10-12,14,16,25H,7,9,13H2,1-6H3/b17-12+. The van der Waals surface area contributed by atoms with Crippen molar-refractivity contribution in [3.05, 3.63) is 51.9 Å². The summed E-state index contributed by atoms with van der Waals surface area (Å²) in [5.41, 5.74) is 2.88. The summed E-state index contributed by atoms with van der Waals surface area (Å²) in [6, 6.07) is 4.81. The lowest BCUT2D eigenvalue weighted by Gasteiger charge is -2.19. The van der Waals surface area contributed by atoms with Crippen LogP contribution in [0.1, 0.15) is 53.5 Å². The molecule has 0 aliphatic rings. The highest BCUT2D eigenvalue weighted by atomic mass is 16.5. The molecule has 0 saturated heterocycles. The number of fused-ring (bicyclic) bond motifs is 1. The van der Waals surface area contributed by atoms with Crippen molar-refractivity contribution >= 4 is 10.9 Å². The Bertz CT molecular complexity index is 947. The zero-order valence-electron chi connectivity index (χ0n) is 17.7. The van der Waals surface area contributed by atoms with Crippen LogP contribution in [0.2, 0.25) is 0 Å². The molecular weight excluding hydrogens is 354 g/mol. The summed E-state index contributed by atoms with van der Waals surface area (Å²) in [6.45, 7) is 10.4. The number of phenolic OH excluding ortho intramolecular Hbond substituents is 1. The van der Waals surface area contributed by atoms with E-state index >= 15 is 0 Å². The van der Waals surface area contributed by atoms with Crippen molar-refractivity contribution in [3.8, 4) is 17.2 Å². The van der Waals surface area contributed by atoms with E-state index < -0.39 is 0 Å². The summed E-state index contributed by atoms with van der Waals surface area (Å²) in [7, 11) is 1.52. The number of phenols is 1. The summed E-state index contributed by atoms with van der Waals surface area (Å²) in [5.74, 6) is 0.696. The average molecular weight is 386 g/mol. The molecule has 152 valence electrons. The number of methoxy groups -OCH3 is 1. The molecule has 2 aromatic rings. The Morgan fingerprint density at radius 1 is 1.18 bits per heavy atom. The summed E-state index contributed by atoms with van der Waals surface area (Å²) in [4.78, 5) is 13.1. The van der Waals surface area contributed by atoms with Gasteiger partial charge in [0.1, 0.15) is 12.4 Å². The number of rotatable bonds is 8. The maximum Gasteiger partial charge on any atom is 0.297 e. The van der Waals surface area contributed by atoms with Gasteiger partial charge in [-0.25, -0.2) is 0 Å². The van der Waals surface area contributed by atoms with E-state index in [2.05, 4.69) is 26.8 Å². The minimum atomic E-state index is -0.263. The van der Waals surface area contributed by atoms with Crippen molar-refractivity contribution in [1.29, 1.82) is 0 Å². The molecule has 1 N–H and O–H groups in total. The molecule has 2 rings (SSSR count). The fourth-order valence-corrected chi connectivity index (χ4v) is 3.15. The van der Waals surface area contributed by atoms with Gasteiger partial charge in [-0.2, -0.15) is 0 Å². The van der Waals surface area contributed by atoms with E-state index in [0.29, 0.717) is 17.9 Å². The molecule has 0 radical (unpaired) electrons. The number of nitrogens with zero attached hydrogens (tertiary/aromatic N) is 1. The highest BCUT2D eigenvalue weighted by Gasteiger charge is 2.20. The minimum absolute atomic E-state index is 0.0913. The second-order valence-electron chi connectivity index (χ2n) is 7.51. The fraction of sp³-hybridized carbons (Fsp3) is 0.435. The van der Waals surface area contributed by atoms with Crippen LogP contribution in [0.4, 0.5) is 0 Å². The number of allylic oxidation sites excluding steroid dienone is 3. The Hall–Kier alpha value is -2.69. The molecule has 0 unspecified atom stereocenters. The van der Waals surface area contributed by atoms with Crippen LogP contribution in [0.15, 0.2) is 46.3 Å². The Balaban J connectivity index is 2.39. The Morgan fingerprint density at radius 2 is 1.89 bits per heavy atom. The van der Waals surface area contributed by atoms with Crippen LogP contribution in [-0.4, -0.2) is 23.4 Å². The average Bonchev–Trinajstić information content (AvgIpc) is 2.61. The van der Waals surface area contributed by atoms with Gasteiger partial charge in [-0.15, -0.1) is 0 Å². The summed E-state index contributed by atoms with van der Waals surface area (Å²) >= 11 is 0. The number of hydrogen-bond donors (Lipinski definition) is 1. The van der Waals surface area contributed by atoms with Crippen molar-refractivity contribution in [3.63, 3.8) is 0 Å². The quantitative estimate of drug-likeness (QED) is 0.621. The lowest BCUT2D eigenvalue weighted by molar-refractivity contribution is 0.319. The van der Waals surface area contributed by atoms with E-state index in [0.717, 1.165) is 18.2 Å². The van der Waals surface area contributed by atoms with Crippen LogP contribution >= 0.6 is 0 Å². The van der Waals surface area contributed by atoms with E-state index in [1.807, 2.05) is 19.9 Å². The van der Waals surface area contributed by atoms with Gasteiger partial charge in [0, 0.05) is 17.5 Å². The second-order valence-corrected chi connectivity index (χ2v) is 7.51. The van der Waals surface area contributed by atoms with Crippen molar-refractivity contribution < 1.29 is 14.6 Å². The molecule has 1 aromatic carbocycles. The maximum atomic E-state index is 13.1. The van der Waals surface area contributed by atoms with Crippen LogP contribution in [0.3, 0.4) is 0 Å². The molecule has 1 aromatic heterocycles. The van der Waals surface area contributed by atoms with E-state index in [1.54, 1.807) is 22.8 Å². The van der Waals surface area contributed by atoms with Gasteiger partial charge in [0.25, 0.3) is 5.56 Å². The number of hydrogen-bond acceptors (Lipinski definition) is 4. The molecule has 0 aliphatic carbocycles. The van der Waals surface area contributed by atoms with Crippen LogP contribution in [0.25, 0.3) is 10.9 Å². The second kappa shape index (κ2) is 9.49. The van der Waals surface area contributed by atoms with E-state index in [1.165, 1.54) is 18.3 Å². The van der Waals surface area contributed by atoms with Gasteiger partial charge in [0.15, 0.2) is 5.75 Å². The summed E-state index contributed by atoms with van der Waals surface area (Å²) < 4.78 is 13.0. The Morgan fingerprint density at radius 3 is 2.50 bits per heavy atom. The SMILES string of the molecule is COc1c(OC/C=C(\C)CCC=C(C)C)c(=O)n(C(C)C)c2cc(O)ccc12. The largest absolute Gasteiger partial charge is 0.508 e. The van der Waals surface area contributed by atoms with Crippen LogP contribution in [0, 0.1) is 0 Å². The Labute approximate surface area is 166 Å². The predicted octanol–water partition coefficient (Wildman–Crippen LogP) is 5.37. The smallest absolute Gasteiger partial charge is 0.297 e. The first-order valence-corrected chi connectivity index (χ1v) is 9.63. The third-order valence-corrected chi connectivity index (χ3v) is 4.58. The summed E-state index contributed by atoms with van der Waals surface area (Å²) in [5, 5.41) is 10.6. The molecule has 0 amide bonds. The zero-order valence-corrected chi connectivity index (χ0v) is 17.7. The molecule has 0 aliphatic heterocycles. The first-order chi connectivity index (χ1) is 13.3. The van der Waals surface area contributed by atoms with Gasteiger partial charge in [-0.3, -0.25) is 4.79 Å². The van der Waals surface area contributed by atoms with E-state index in [9.17, 15) is 9.90 Å². The zero-order chi connectivity index (χ0) is 20.8. The van der Waals surface area contributed by atoms with Gasteiger partial charge in [0.05, 0.1) is 12.6 Å². The monoisotopic (exact) mass is 385 g/mol. The van der Waals surface area contributed by atoms with Crippen LogP contribution in [-0.2, 0) is 0 Å². The number of ether oxygens (including phenoxy) is 2. The first kappa shape index (κ1) is 21.6. The molecule has 0 spiro atoms. The number of aromatic nitrogens is 1. The normalized spacial score (nSPS) is 11.8. The third-order valence-electron chi connectivity index (χ3n) is 4.58. The van der Waals surface area contributed by atoms with Crippen molar-refractivity contribution in [2.75, 3.05) is 13.7 Å². The number of benzene rings is 1. The number of aromatic hydroxyl groups is 1.